The van der Waals surface area contributed by atoms with Crippen LogP contribution in [-0.2, 0) is 6.42 Å². The maximum Gasteiger partial charge on any atom is 0.120 e. The van der Waals surface area contributed by atoms with Crippen LogP contribution in [-0.4, -0.2) is 6.61 Å². The van der Waals surface area contributed by atoms with Crippen LogP contribution in [0.1, 0.15) is 30.5 Å². The van der Waals surface area contributed by atoms with Crippen LogP contribution in [0.3, 0.4) is 0 Å². The fourth-order valence-corrected chi connectivity index (χ4v) is 3.15. The highest BCUT2D eigenvalue weighted by atomic mass is 16.5. The van der Waals surface area contributed by atoms with E-state index in [2.05, 4.69) is 75.0 Å². The van der Waals surface area contributed by atoms with Gasteiger partial charge in [-0.15, -0.1) is 0 Å². The van der Waals surface area contributed by atoms with E-state index < -0.39 is 0 Å². The van der Waals surface area contributed by atoms with Crippen LogP contribution in [0.5, 0.6) is 5.75 Å². The Labute approximate surface area is 133 Å². The lowest BCUT2D eigenvalue weighted by molar-refractivity contribution is 0.362. The van der Waals surface area contributed by atoms with E-state index in [-0.39, 0.29) is 5.41 Å². The van der Waals surface area contributed by atoms with Gasteiger partial charge in [-0.2, -0.15) is 0 Å². The largest absolute Gasteiger partial charge is 0.490 e. The molecule has 22 heavy (non-hydrogen) atoms. The number of hydrogen-bond donors (Lipinski definition) is 0. The second-order valence-corrected chi connectivity index (χ2v) is 6.45. The Bertz CT molecular complexity index is 708. The van der Waals surface area contributed by atoms with E-state index in [0.29, 0.717) is 6.61 Å². The van der Waals surface area contributed by atoms with Crippen molar-refractivity contribution in [3.05, 3.63) is 77.9 Å². The summed E-state index contributed by atoms with van der Waals surface area (Å²) >= 11 is 0. The molecule has 0 aromatic heterocycles. The van der Waals surface area contributed by atoms with Gasteiger partial charge in [-0.05, 0) is 46.2 Å². The Morgan fingerprint density at radius 3 is 2.64 bits per heavy atom. The predicted octanol–water partition coefficient (Wildman–Crippen LogP) is 5.37. The minimum absolute atomic E-state index is 0.148. The molecule has 3 rings (SSSR count). The summed E-state index contributed by atoms with van der Waals surface area (Å²) in [6.45, 7) is 8.87. The van der Waals surface area contributed by atoms with Gasteiger partial charge < -0.3 is 4.74 Å². The number of hydrogen-bond acceptors (Lipinski definition) is 1. The molecule has 2 aromatic rings. The highest BCUT2D eigenvalue weighted by Crippen LogP contribution is 2.47. The minimum atomic E-state index is 0.148. The summed E-state index contributed by atoms with van der Waals surface area (Å²) in [6.07, 6.45) is 5.14. The van der Waals surface area contributed by atoms with Crippen molar-refractivity contribution in [2.24, 2.45) is 5.41 Å². The zero-order chi connectivity index (χ0) is 15.6. The van der Waals surface area contributed by atoms with E-state index in [1.807, 2.05) is 0 Å². The second-order valence-electron chi connectivity index (χ2n) is 6.45. The molecule has 112 valence electrons. The minimum Gasteiger partial charge on any atom is -0.490 e. The molecule has 0 atom stereocenters. The average molecular weight is 290 g/mol. The van der Waals surface area contributed by atoms with Crippen LogP contribution in [0.4, 0.5) is 0 Å². The number of ether oxygens (including phenoxy) is 1. The fraction of sp³-hybridized carbons (Fsp3) is 0.238. The first-order valence-electron chi connectivity index (χ1n) is 7.74. The van der Waals surface area contributed by atoms with Gasteiger partial charge in [-0.1, -0.05) is 69.0 Å². The quantitative estimate of drug-likeness (QED) is 0.687. The van der Waals surface area contributed by atoms with E-state index in [9.17, 15) is 0 Å². The number of fused-ring (bicyclic) bond motifs is 1. The van der Waals surface area contributed by atoms with Crippen LogP contribution in [0.25, 0.3) is 11.6 Å². The predicted molar refractivity (Wildman–Crippen MR) is 93.9 cm³/mol. The van der Waals surface area contributed by atoms with Crippen molar-refractivity contribution >= 4 is 11.6 Å². The van der Waals surface area contributed by atoms with Crippen LogP contribution in [0.15, 0.2) is 61.2 Å². The van der Waals surface area contributed by atoms with Crippen molar-refractivity contribution < 1.29 is 4.74 Å². The van der Waals surface area contributed by atoms with Crippen LogP contribution >= 0.6 is 0 Å². The SMILES string of the molecule is C=CCOc1ccc2c(c1)CC(C)(C)/C2=C\c1ccccc1. The molecule has 0 aliphatic heterocycles. The van der Waals surface area contributed by atoms with Crippen molar-refractivity contribution in [3.8, 4) is 5.75 Å². The van der Waals surface area contributed by atoms with Gasteiger partial charge in [0.1, 0.15) is 12.4 Å². The molecule has 2 aromatic carbocycles. The highest BCUT2D eigenvalue weighted by molar-refractivity contribution is 5.88. The van der Waals surface area contributed by atoms with Gasteiger partial charge >= 0.3 is 0 Å². The lowest BCUT2D eigenvalue weighted by Crippen LogP contribution is -2.09. The molecule has 1 aliphatic carbocycles. The van der Waals surface area contributed by atoms with Gasteiger partial charge in [0.25, 0.3) is 0 Å². The van der Waals surface area contributed by atoms with E-state index in [0.717, 1.165) is 12.2 Å². The maximum atomic E-state index is 5.66. The van der Waals surface area contributed by atoms with Gasteiger partial charge in [0, 0.05) is 0 Å². The topological polar surface area (TPSA) is 9.23 Å². The second kappa shape index (κ2) is 5.84. The van der Waals surface area contributed by atoms with Crippen molar-refractivity contribution in [3.63, 3.8) is 0 Å². The zero-order valence-electron chi connectivity index (χ0n) is 13.3. The molecular weight excluding hydrogens is 268 g/mol. The summed E-state index contributed by atoms with van der Waals surface area (Å²) in [5.74, 6) is 0.926. The Morgan fingerprint density at radius 1 is 1.14 bits per heavy atom. The number of allylic oxidation sites excluding steroid dienone is 1. The summed E-state index contributed by atoms with van der Waals surface area (Å²) in [5.41, 5.74) is 5.53. The molecule has 0 fully saturated rings. The van der Waals surface area contributed by atoms with Gasteiger partial charge in [0.05, 0.1) is 0 Å². The molecule has 0 bridgehead atoms. The molecule has 0 unspecified atom stereocenters. The molecule has 0 amide bonds. The van der Waals surface area contributed by atoms with Crippen LogP contribution in [0, 0.1) is 5.41 Å². The molecule has 0 radical (unpaired) electrons. The lowest BCUT2D eigenvalue weighted by atomic mass is 9.84. The van der Waals surface area contributed by atoms with Crippen LogP contribution in [0.2, 0.25) is 0 Å². The van der Waals surface area contributed by atoms with Crippen molar-refractivity contribution in [1.29, 1.82) is 0 Å². The molecular formula is C21H22O. The van der Waals surface area contributed by atoms with E-state index in [1.54, 1.807) is 6.08 Å². The first kappa shape index (κ1) is 14.6. The molecule has 1 aliphatic rings. The molecule has 0 heterocycles. The zero-order valence-corrected chi connectivity index (χ0v) is 13.3. The number of benzene rings is 2. The summed E-state index contributed by atoms with van der Waals surface area (Å²) in [5, 5.41) is 0. The van der Waals surface area contributed by atoms with E-state index in [1.165, 1.54) is 22.3 Å². The summed E-state index contributed by atoms with van der Waals surface area (Å²) in [7, 11) is 0. The molecule has 0 spiro atoms. The maximum absolute atomic E-state index is 5.66. The Kier molecular flexibility index (Phi) is 3.89. The molecule has 0 N–H and O–H groups in total. The normalized spacial score (nSPS) is 17.3. The third-order valence-corrected chi connectivity index (χ3v) is 4.21. The van der Waals surface area contributed by atoms with Crippen molar-refractivity contribution in [2.45, 2.75) is 20.3 Å². The van der Waals surface area contributed by atoms with Gasteiger partial charge in [-0.25, -0.2) is 0 Å². The lowest BCUT2D eigenvalue weighted by Gasteiger charge is -2.20. The summed E-state index contributed by atoms with van der Waals surface area (Å²) < 4.78 is 5.66. The highest BCUT2D eigenvalue weighted by Gasteiger charge is 2.33. The smallest absolute Gasteiger partial charge is 0.120 e. The van der Waals surface area contributed by atoms with Crippen molar-refractivity contribution in [1.82, 2.24) is 0 Å². The van der Waals surface area contributed by atoms with Crippen LogP contribution < -0.4 is 4.74 Å². The van der Waals surface area contributed by atoms with Gasteiger partial charge in [0.15, 0.2) is 0 Å². The van der Waals surface area contributed by atoms with Gasteiger partial charge in [-0.3, -0.25) is 0 Å². The fourth-order valence-electron chi connectivity index (χ4n) is 3.15. The Morgan fingerprint density at radius 2 is 1.91 bits per heavy atom. The van der Waals surface area contributed by atoms with Crippen molar-refractivity contribution in [2.75, 3.05) is 6.61 Å². The summed E-state index contributed by atoms with van der Waals surface area (Å²) in [4.78, 5) is 0. The Hall–Kier alpha value is -2.28. The average Bonchev–Trinajstić information content (AvgIpc) is 2.76. The molecule has 1 heteroatoms. The first-order chi connectivity index (χ1) is 10.6. The summed E-state index contributed by atoms with van der Waals surface area (Å²) in [6, 6.07) is 17.0. The molecule has 0 saturated carbocycles. The number of rotatable bonds is 4. The Balaban J connectivity index is 2.00. The van der Waals surface area contributed by atoms with E-state index in [4.69, 9.17) is 4.74 Å². The third kappa shape index (κ3) is 2.85. The molecule has 1 nitrogen and oxygen atoms in total. The van der Waals surface area contributed by atoms with Gasteiger partial charge in [0.2, 0.25) is 0 Å². The first-order valence-corrected chi connectivity index (χ1v) is 7.74. The van der Waals surface area contributed by atoms with E-state index >= 15 is 0 Å². The molecule has 0 saturated heterocycles. The standard InChI is InChI=1S/C21H22O/c1-4-12-22-18-10-11-19-17(14-18)15-21(2,3)20(19)13-16-8-6-5-7-9-16/h4-11,13-14H,1,12,15H2,2-3H3/b20-13-. The third-order valence-electron chi connectivity index (χ3n) is 4.21. The monoisotopic (exact) mass is 290 g/mol.